The zero-order valence-corrected chi connectivity index (χ0v) is 19.7. The summed E-state index contributed by atoms with van der Waals surface area (Å²) in [6.07, 6.45) is 0.259. The average Bonchev–Trinajstić information content (AvgIpc) is 2.81. The Labute approximate surface area is 202 Å². The molecular formula is C23H27N5O7. The summed E-state index contributed by atoms with van der Waals surface area (Å²) in [6.45, 7) is 5.27. The van der Waals surface area contributed by atoms with Crippen molar-refractivity contribution in [1.29, 1.82) is 0 Å². The highest BCUT2D eigenvalue weighted by Crippen LogP contribution is 2.32. The van der Waals surface area contributed by atoms with E-state index in [0.717, 1.165) is 0 Å². The minimum Gasteiger partial charge on any atom is -0.464 e. The summed E-state index contributed by atoms with van der Waals surface area (Å²) in [5.74, 6) is -1.06. The quantitative estimate of drug-likeness (QED) is 0.202. The fourth-order valence-electron chi connectivity index (χ4n) is 2.89. The number of carbonyl (C=O) groups excluding carboxylic acids is 3. The van der Waals surface area contributed by atoms with E-state index in [-0.39, 0.29) is 37.2 Å². The zero-order chi connectivity index (χ0) is 25.8. The highest BCUT2D eigenvalue weighted by molar-refractivity contribution is 5.93. The van der Waals surface area contributed by atoms with Crippen LogP contribution in [0.5, 0.6) is 0 Å². The van der Waals surface area contributed by atoms with Gasteiger partial charge in [-0.25, -0.2) is 0 Å². The molecule has 2 aromatic carbocycles. The molecule has 12 nitrogen and oxygen atoms in total. The first-order valence-corrected chi connectivity index (χ1v) is 10.8. The van der Waals surface area contributed by atoms with Gasteiger partial charge in [-0.15, -0.1) is 5.11 Å². The van der Waals surface area contributed by atoms with Crippen LogP contribution < -0.4 is 10.2 Å². The van der Waals surface area contributed by atoms with Crippen molar-refractivity contribution in [2.45, 2.75) is 27.2 Å². The van der Waals surface area contributed by atoms with E-state index >= 15 is 0 Å². The van der Waals surface area contributed by atoms with E-state index in [4.69, 9.17) is 9.47 Å². The topological polar surface area (TPSA) is 153 Å². The Balaban J connectivity index is 2.28. The maximum Gasteiger partial charge on any atom is 0.305 e. The van der Waals surface area contributed by atoms with Crippen LogP contribution in [0.3, 0.4) is 0 Å². The van der Waals surface area contributed by atoms with Gasteiger partial charge in [-0.1, -0.05) is 6.92 Å². The van der Waals surface area contributed by atoms with E-state index in [9.17, 15) is 24.5 Å². The number of esters is 2. The van der Waals surface area contributed by atoms with Crippen LogP contribution in [0.1, 0.15) is 27.2 Å². The Bertz CT molecular complexity index is 1090. The summed E-state index contributed by atoms with van der Waals surface area (Å²) in [4.78, 5) is 46.5. The van der Waals surface area contributed by atoms with Gasteiger partial charge in [-0.3, -0.25) is 24.5 Å². The Hall–Kier alpha value is -4.35. The van der Waals surface area contributed by atoms with E-state index in [2.05, 4.69) is 15.5 Å². The van der Waals surface area contributed by atoms with Gasteiger partial charge in [-0.2, -0.15) is 5.11 Å². The van der Waals surface area contributed by atoms with Gasteiger partial charge in [0.1, 0.15) is 18.9 Å². The molecule has 0 aromatic heterocycles. The fourth-order valence-corrected chi connectivity index (χ4v) is 2.89. The monoisotopic (exact) mass is 485 g/mol. The third-order valence-electron chi connectivity index (χ3n) is 4.57. The lowest BCUT2D eigenvalue weighted by molar-refractivity contribution is -0.384. The van der Waals surface area contributed by atoms with Crippen LogP contribution in [0.2, 0.25) is 0 Å². The van der Waals surface area contributed by atoms with Gasteiger partial charge >= 0.3 is 11.9 Å². The van der Waals surface area contributed by atoms with Crippen LogP contribution in [0.4, 0.5) is 28.4 Å². The van der Waals surface area contributed by atoms with Crippen LogP contribution in [0.25, 0.3) is 0 Å². The van der Waals surface area contributed by atoms with Gasteiger partial charge in [0.2, 0.25) is 5.91 Å². The number of hydrogen-bond acceptors (Lipinski definition) is 10. The molecule has 0 atom stereocenters. The normalized spacial score (nSPS) is 10.6. The first kappa shape index (κ1) is 26.9. The lowest BCUT2D eigenvalue weighted by atomic mass is 10.2. The number of amides is 1. The van der Waals surface area contributed by atoms with Gasteiger partial charge in [0.25, 0.3) is 5.69 Å². The molecule has 1 amide bonds. The minimum absolute atomic E-state index is 0.0642. The van der Waals surface area contributed by atoms with Crippen molar-refractivity contribution in [2.24, 2.45) is 10.2 Å². The number of non-ortho nitro benzene ring substituents is 1. The van der Waals surface area contributed by atoms with Gasteiger partial charge < -0.3 is 19.7 Å². The summed E-state index contributed by atoms with van der Waals surface area (Å²) in [7, 11) is 0. The predicted molar refractivity (Wildman–Crippen MR) is 128 cm³/mol. The van der Waals surface area contributed by atoms with Crippen molar-refractivity contribution in [2.75, 3.05) is 36.5 Å². The minimum atomic E-state index is -0.509. The summed E-state index contributed by atoms with van der Waals surface area (Å²) in [5.41, 5.74) is 1.74. The van der Waals surface area contributed by atoms with Crippen LogP contribution in [-0.4, -0.2) is 49.1 Å². The molecule has 0 aliphatic heterocycles. The highest BCUT2D eigenvalue weighted by atomic mass is 16.6. The molecule has 12 heteroatoms. The van der Waals surface area contributed by atoms with Gasteiger partial charge in [-0.05, 0) is 30.3 Å². The van der Waals surface area contributed by atoms with Gasteiger partial charge in [0.15, 0.2) is 0 Å². The Morgan fingerprint density at radius 3 is 2.23 bits per heavy atom. The first-order chi connectivity index (χ1) is 16.7. The molecule has 0 heterocycles. The van der Waals surface area contributed by atoms with Crippen molar-refractivity contribution in [3.8, 4) is 0 Å². The third kappa shape index (κ3) is 9.20. The second kappa shape index (κ2) is 13.4. The largest absolute Gasteiger partial charge is 0.464 e. The van der Waals surface area contributed by atoms with Crippen LogP contribution in [0.15, 0.2) is 52.7 Å². The lowest BCUT2D eigenvalue weighted by Gasteiger charge is -2.25. The maximum absolute atomic E-state index is 11.8. The highest BCUT2D eigenvalue weighted by Gasteiger charge is 2.13. The molecule has 0 unspecified atom stereocenters. The number of ether oxygens (including phenoxy) is 2. The predicted octanol–water partition coefficient (Wildman–Crippen LogP) is 4.29. The number of hydrogen-bond donors (Lipinski definition) is 1. The van der Waals surface area contributed by atoms with E-state index in [1.54, 1.807) is 25.1 Å². The molecule has 0 radical (unpaired) electrons. The zero-order valence-electron chi connectivity index (χ0n) is 19.7. The Morgan fingerprint density at radius 2 is 1.66 bits per heavy atom. The van der Waals surface area contributed by atoms with Crippen molar-refractivity contribution in [1.82, 2.24) is 0 Å². The summed E-state index contributed by atoms with van der Waals surface area (Å²) >= 11 is 0. The number of benzene rings is 2. The number of nitrogens with zero attached hydrogens (tertiary/aromatic N) is 4. The number of anilines is 2. The second-order valence-electron chi connectivity index (χ2n) is 7.26. The van der Waals surface area contributed by atoms with Crippen molar-refractivity contribution in [3.63, 3.8) is 0 Å². The number of rotatable bonds is 12. The Morgan fingerprint density at radius 1 is 1.00 bits per heavy atom. The number of carbonyl (C=O) groups is 3. The van der Waals surface area contributed by atoms with Crippen molar-refractivity contribution < 1.29 is 28.8 Å². The van der Waals surface area contributed by atoms with Gasteiger partial charge in [0.05, 0.1) is 29.4 Å². The van der Waals surface area contributed by atoms with E-state index in [1.807, 2.05) is 4.90 Å². The average molecular weight is 485 g/mol. The molecule has 0 saturated heterocycles. The molecule has 0 saturated carbocycles. The van der Waals surface area contributed by atoms with Crippen LogP contribution in [-0.2, 0) is 23.9 Å². The number of nitro benzene ring substituents is 1. The van der Waals surface area contributed by atoms with Crippen molar-refractivity contribution in [3.05, 3.63) is 52.6 Å². The Kier molecular flexibility index (Phi) is 10.3. The number of azo groups is 1. The molecule has 1 N–H and O–H groups in total. The standard InChI is InChI=1S/C23H27N5O7/c1-4-23(31)35-14-12-27(11-13-34-17(3)30)20-9-10-21(22(15-20)24-16(2)29)26-25-18-5-7-19(8-6-18)28(32)33/h5-10,15H,4,11-14H2,1-3H3,(H,24,29). The van der Waals surface area contributed by atoms with E-state index < -0.39 is 10.9 Å². The molecule has 0 aliphatic rings. The van der Waals surface area contributed by atoms with E-state index in [1.165, 1.54) is 38.1 Å². The van der Waals surface area contributed by atoms with Crippen LogP contribution >= 0.6 is 0 Å². The molecule has 2 aromatic rings. The molecule has 0 bridgehead atoms. The smallest absolute Gasteiger partial charge is 0.305 e. The molecule has 0 fully saturated rings. The molecular weight excluding hydrogens is 458 g/mol. The second-order valence-corrected chi connectivity index (χ2v) is 7.26. The van der Waals surface area contributed by atoms with E-state index in [0.29, 0.717) is 35.8 Å². The van der Waals surface area contributed by atoms with Gasteiger partial charge in [0, 0.05) is 38.1 Å². The fraction of sp³-hybridized carbons (Fsp3) is 0.348. The summed E-state index contributed by atoms with van der Waals surface area (Å²) in [5, 5.41) is 21.8. The van der Waals surface area contributed by atoms with Crippen molar-refractivity contribution >= 4 is 46.3 Å². The number of nitrogens with one attached hydrogen (secondary N) is 1. The van der Waals surface area contributed by atoms with Crippen LogP contribution in [0, 0.1) is 10.1 Å². The SMILES string of the molecule is CCC(=O)OCCN(CCOC(C)=O)c1ccc(N=Nc2ccc([N+](=O)[O-])cc2)c(NC(C)=O)c1. The number of nitro groups is 1. The molecule has 35 heavy (non-hydrogen) atoms. The maximum atomic E-state index is 11.8. The summed E-state index contributed by atoms with van der Waals surface area (Å²) < 4.78 is 10.2. The molecule has 0 spiro atoms. The lowest BCUT2D eigenvalue weighted by Crippen LogP contribution is -2.32. The molecule has 2 rings (SSSR count). The third-order valence-corrected chi connectivity index (χ3v) is 4.57. The molecule has 186 valence electrons. The summed E-state index contributed by atoms with van der Waals surface area (Å²) in [6, 6.07) is 10.6. The molecule has 0 aliphatic carbocycles. The first-order valence-electron chi connectivity index (χ1n) is 10.8.